The van der Waals surface area contributed by atoms with E-state index in [4.69, 9.17) is 9.47 Å². The number of aromatic nitrogens is 4. The number of benzene rings is 3. The zero-order chi connectivity index (χ0) is 22.7. The van der Waals surface area contributed by atoms with E-state index in [-0.39, 0.29) is 17.5 Å². The van der Waals surface area contributed by atoms with E-state index < -0.39 is 9.84 Å². The molecule has 33 heavy (non-hydrogen) atoms. The number of nitrogens with zero attached hydrogens (tertiary/aromatic N) is 4. The minimum atomic E-state index is -3.74. The van der Waals surface area contributed by atoms with E-state index in [0.29, 0.717) is 24.7 Å². The zero-order valence-electron chi connectivity index (χ0n) is 17.7. The monoisotopic (exact) mass is 462 g/mol. The summed E-state index contributed by atoms with van der Waals surface area (Å²) in [4.78, 5) is 0. The molecular weight excluding hydrogens is 440 g/mol. The van der Waals surface area contributed by atoms with E-state index in [0.717, 1.165) is 16.8 Å². The molecule has 0 spiro atoms. The lowest BCUT2D eigenvalue weighted by atomic mass is 10.3. The summed E-state index contributed by atoms with van der Waals surface area (Å²) < 4.78 is 41.2. The Labute approximate surface area is 190 Å². The molecule has 0 amide bonds. The van der Waals surface area contributed by atoms with E-state index in [1.807, 2.05) is 77.4 Å². The number of hydrogen-bond acceptors (Lipinski definition) is 6. The molecular formula is C24H22N4O4S. The summed E-state index contributed by atoms with van der Waals surface area (Å²) in [5.41, 5.74) is 1.58. The summed E-state index contributed by atoms with van der Waals surface area (Å²) in [6.07, 6.45) is 0. The van der Waals surface area contributed by atoms with Gasteiger partial charge >= 0.3 is 0 Å². The number of ether oxygens (including phenoxy) is 2. The molecule has 8 nitrogen and oxygen atoms in total. The molecule has 0 N–H and O–H groups in total. The van der Waals surface area contributed by atoms with Crippen molar-refractivity contribution in [3.8, 4) is 11.5 Å². The maximum atomic E-state index is 13.1. The van der Waals surface area contributed by atoms with Gasteiger partial charge in [-0.15, -0.1) is 10.2 Å². The highest BCUT2D eigenvalue weighted by atomic mass is 32.2. The van der Waals surface area contributed by atoms with Crippen molar-refractivity contribution in [2.75, 3.05) is 19.0 Å². The Kier molecular flexibility index (Phi) is 5.70. The van der Waals surface area contributed by atoms with Crippen molar-refractivity contribution in [2.45, 2.75) is 11.7 Å². The summed E-state index contributed by atoms with van der Waals surface area (Å²) >= 11 is 0. The van der Waals surface area contributed by atoms with Crippen LogP contribution in [-0.4, -0.2) is 46.5 Å². The normalized spacial score (nSPS) is 11.8. The molecule has 168 valence electrons. The molecule has 0 aliphatic carbocycles. The number of rotatable bonds is 9. The molecule has 0 atom stereocenters. The SMILES string of the molecule is O=S(=O)(CCOc1ccccc1)c1nnc2n(CCOc3ccccc3)c3ccccc3n12. The van der Waals surface area contributed by atoms with Gasteiger partial charge in [-0.1, -0.05) is 48.5 Å². The minimum Gasteiger partial charge on any atom is -0.493 e. The van der Waals surface area contributed by atoms with Gasteiger partial charge in [0.05, 0.1) is 23.3 Å². The van der Waals surface area contributed by atoms with Gasteiger partial charge in [0.25, 0.3) is 5.16 Å². The Morgan fingerprint density at radius 1 is 0.697 bits per heavy atom. The highest BCUT2D eigenvalue weighted by Gasteiger charge is 2.26. The second-order valence-corrected chi connectivity index (χ2v) is 9.40. The summed E-state index contributed by atoms with van der Waals surface area (Å²) in [6, 6.07) is 26.2. The average molecular weight is 463 g/mol. The van der Waals surface area contributed by atoms with Gasteiger partial charge < -0.3 is 14.0 Å². The summed E-state index contributed by atoms with van der Waals surface area (Å²) in [7, 11) is -3.74. The fraction of sp³-hybridized carbons (Fsp3) is 0.167. The summed E-state index contributed by atoms with van der Waals surface area (Å²) in [5.74, 6) is 1.64. The lowest BCUT2D eigenvalue weighted by Crippen LogP contribution is -2.16. The molecule has 2 heterocycles. The molecule has 9 heteroatoms. The lowest BCUT2D eigenvalue weighted by Gasteiger charge is -2.07. The van der Waals surface area contributed by atoms with Crippen molar-refractivity contribution >= 4 is 26.6 Å². The zero-order valence-corrected chi connectivity index (χ0v) is 18.6. The second kappa shape index (κ2) is 8.95. The van der Waals surface area contributed by atoms with Gasteiger partial charge in [-0.25, -0.2) is 12.8 Å². The van der Waals surface area contributed by atoms with E-state index in [1.54, 1.807) is 16.5 Å². The Hall–Kier alpha value is -3.85. The van der Waals surface area contributed by atoms with Crippen molar-refractivity contribution in [3.05, 3.63) is 84.9 Å². The van der Waals surface area contributed by atoms with Gasteiger partial charge in [-0.2, -0.15) is 0 Å². The van der Waals surface area contributed by atoms with E-state index in [2.05, 4.69) is 10.2 Å². The third-order valence-electron chi connectivity index (χ3n) is 5.24. The first-order valence-electron chi connectivity index (χ1n) is 10.5. The van der Waals surface area contributed by atoms with Crippen LogP contribution in [0.3, 0.4) is 0 Å². The number of para-hydroxylation sites is 4. The molecule has 5 rings (SSSR count). The van der Waals surface area contributed by atoms with Crippen molar-refractivity contribution < 1.29 is 17.9 Å². The standard InChI is InChI=1S/C24H22N4O4S/c29-33(30,18-17-32-20-11-5-2-6-12-20)24-26-25-23-27(15-16-31-19-9-3-1-4-10-19)21-13-7-8-14-22(21)28(23)24/h1-14H,15-18H2. The average Bonchev–Trinajstić information content (AvgIpc) is 3.40. The van der Waals surface area contributed by atoms with Crippen LogP contribution in [0.2, 0.25) is 0 Å². The number of imidazole rings is 1. The first-order chi connectivity index (χ1) is 16.1. The molecule has 0 saturated heterocycles. The van der Waals surface area contributed by atoms with Gasteiger partial charge in [-0.3, -0.25) is 0 Å². The van der Waals surface area contributed by atoms with Crippen molar-refractivity contribution in [2.24, 2.45) is 0 Å². The Morgan fingerprint density at radius 2 is 1.27 bits per heavy atom. The quantitative estimate of drug-likeness (QED) is 0.333. The number of fused-ring (bicyclic) bond motifs is 3. The molecule has 0 saturated carbocycles. The maximum Gasteiger partial charge on any atom is 0.256 e. The van der Waals surface area contributed by atoms with Crippen LogP contribution in [0.25, 0.3) is 16.8 Å². The largest absolute Gasteiger partial charge is 0.493 e. The first kappa shape index (κ1) is 21.0. The Bertz CT molecular complexity index is 1480. The van der Waals surface area contributed by atoms with Crippen LogP contribution in [0, 0.1) is 0 Å². The molecule has 0 aliphatic heterocycles. The fourth-order valence-electron chi connectivity index (χ4n) is 3.71. The molecule has 0 fully saturated rings. The van der Waals surface area contributed by atoms with Crippen LogP contribution < -0.4 is 9.47 Å². The smallest absolute Gasteiger partial charge is 0.256 e. The number of hydrogen-bond donors (Lipinski definition) is 0. The minimum absolute atomic E-state index is 0.0187. The van der Waals surface area contributed by atoms with E-state index >= 15 is 0 Å². The maximum absolute atomic E-state index is 13.1. The molecule has 0 radical (unpaired) electrons. The third kappa shape index (κ3) is 4.27. The van der Waals surface area contributed by atoms with Gasteiger partial charge in [0, 0.05) is 0 Å². The first-order valence-corrected chi connectivity index (χ1v) is 12.2. The molecule has 3 aromatic carbocycles. The number of sulfone groups is 1. The highest BCUT2D eigenvalue weighted by molar-refractivity contribution is 7.91. The molecule has 5 aromatic rings. The van der Waals surface area contributed by atoms with Gasteiger partial charge in [0.1, 0.15) is 24.7 Å². The second-order valence-electron chi connectivity index (χ2n) is 7.40. The van der Waals surface area contributed by atoms with Crippen LogP contribution in [0.4, 0.5) is 0 Å². The topological polar surface area (TPSA) is 87.7 Å². The molecule has 0 aliphatic rings. The van der Waals surface area contributed by atoms with Crippen molar-refractivity contribution in [3.63, 3.8) is 0 Å². The van der Waals surface area contributed by atoms with Crippen LogP contribution in [-0.2, 0) is 16.4 Å². The molecule has 0 bridgehead atoms. The molecule has 2 aromatic heterocycles. The van der Waals surface area contributed by atoms with Crippen LogP contribution in [0.15, 0.2) is 90.1 Å². The van der Waals surface area contributed by atoms with Crippen molar-refractivity contribution in [1.82, 2.24) is 19.2 Å². The Balaban J connectivity index is 1.41. The Morgan fingerprint density at radius 3 is 1.94 bits per heavy atom. The van der Waals surface area contributed by atoms with Crippen LogP contribution in [0.1, 0.15) is 0 Å². The van der Waals surface area contributed by atoms with Crippen molar-refractivity contribution in [1.29, 1.82) is 0 Å². The lowest BCUT2D eigenvalue weighted by molar-refractivity contribution is 0.301. The predicted octanol–water partition coefficient (Wildman–Crippen LogP) is 3.62. The van der Waals surface area contributed by atoms with Crippen LogP contribution >= 0.6 is 0 Å². The van der Waals surface area contributed by atoms with Gasteiger partial charge in [-0.05, 0) is 36.4 Å². The summed E-state index contributed by atoms with van der Waals surface area (Å²) in [6.45, 7) is 0.907. The van der Waals surface area contributed by atoms with Gasteiger partial charge in [0.2, 0.25) is 15.6 Å². The predicted molar refractivity (Wildman–Crippen MR) is 124 cm³/mol. The van der Waals surface area contributed by atoms with E-state index in [9.17, 15) is 8.42 Å². The van der Waals surface area contributed by atoms with Gasteiger partial charge in [0.15, 0.2) is 0 Å². The third-order valence-corrected chi connectivity index (χ3v) is 6.76. The van der Waals surface area contributed by atoms with Crippen LogP contribution in [0.5, 0.6) is 11.5 Å². The summed E-state index contributed by atoms with van der Waals surface area (Å²) in [5, 5.41) is 8.16. The molecule has 0 unspecified atom stereocenters. The van der Waals surface area contributed by atoms with E-state index in [1.165, 1.54) is 0 Å². The fourth-order valence-corrected chi connectivity index (χ4v) is 4.82. The highest BCUT2D eigenvalue weighted by Crippen LogP contribution is 2.24.